The SMILES string of the molecule is COC(=O)c1nn(C)cc1CC1(O)CNC1. The fourth-order valence-electron chi connectivity index (χ4n) is 1.83. The maximum absolute atomic E-state index is 11.4. The molecule has 1 aliphatic rings. The Morgan fingerprint density at radius 2 is 2.44 bits per heavy atom. The molecule has 0 spiro atoms. The van der Waals surface area contributed by atoms with Crippen LogP contribution in [0.5, 0.6) is 0 Å². The molecule has 1 aromatic rings. The Bertz CT molecular complexity index is 409. The number of nitrogens with zero attached hydrogens (tertiary/aromatic N) is 2. The van der Waals surface area contributed by atoms with Gasteiger partial charge < -0.3 is 15.2 Å². The van der Waals surface area contributed by atoms with E-state index in [1.165, 1.54) is 7.11 Å². The van der Waals surface area contributed by atoms with E-state index in [2.05, 4.69) is 15.2 Å². The van der Waals surface area contributed by atoms with E-state index < -0.39 is 11.6 Å². The topological polar surface area (TPSA) is 76.4 Å². The van der Waals surface area contributed by atoms with Gasteiger partial charge in [-0.1, -0.05) is 0 Å². The number of aryl methyl sites for hydroxylation is 1. The van der Waals surface area contributed by atoms with E-state index in [0.717, 1.165) is 5.56 Å². The molecule has 0 saturated carbocycles. The second kappa shape index (κ2) is 3.88. The van der Waals surface area contributed by atoms with Gasteiger partial charge in [0.2, 0.25) is 0 Å². The number of methoxy groups -OCH3 is 1. The molecule has 0 aliphatic carbocycles. The average Bonchev–Trinajstić information content (AvgIpc) is 2.56. The van der Waals surface area contributed by atoms with Gasteiger partial charge in [-0.15, -0.1) is 0 Å². The van der Waals surface area contributed by atoms with Crippen molar-refractivity contribution in [2.24, 2.45) is 7.05 Å². The van der Waals surface area contributed by atoms with Crippen LogP contribution in [0.1, 0.15) is 16.1 Å². The molecule has 0 atom stereocenters. The molecule has 88 valence electrons. The van der Waals surface area contributed by atoms with Crippen LogP contribution in [0.2, 0.25) is 0 Å². The molecular weight excluding hydrogens is 210 g/mol. The molecule has 2 heterocycles. The first-order chi connectivity index (χ1) is 7.54. The van der Waals surface area contributed by atoms with Gasteiger partial charge in [0.25, 0.3) is 0 Å². The molecule has 1 fully saturated rings. The number of carbonyl (C=O) groups is 1. The fourth-order valence-corrected chi connectivity index (χ4v) is 1.83. The summed E-state index contributed by atoms with van der Waals surface area (Å²) in [5.74, 6) is -0.466. The second-order valence-electron chi connectivity index (χ2n) is 4.17. The molecule has 0 bridgehead atoms. The van der Waals surface area contributed by atoms with Crippen molar-refractivity contribution >= 4 is 5.97 Å². The van der Waals surface area contributed by atoms with Crippen LogP contribution in [0.15, 0.2) is 6.20 Å². The molecule has 2 N–H and O–H groups in total. The zero-order valence-electron chi connectivity index (χ0n) is 9.36. The predicted molar refractivity (Wildman–Crippen MR) is 56.1 cm³/mol. The smallest absolute Gasteiger partial charge is 0.358 e. The normalized spacial score (nSPS) is 17.9. The average molecular weight is 225 g/mol. The zero-order chi connectivity index (χ0) is 11.8. The largest absolute Gasteiger partial charge is 0.464 e. The number of aliphatic hydroxyl groups is 1. The highest BCUT2D eigenvalue weighted by Crippen LogP contribution is 2.20. The molecule has 1 aromatic heterocycles. The van der Waals surface area contributed by atoms with Gasteiger partial charge in [-0.2, -0.15) is 5.10 Å². The Morgan fingerprint density at radius 1 is 1.75 bits per heavy atom. The summed E-state index contributed by atoms with van der Waals surface area (Å²) in [6.07, 6.45) is 2.15. The Kier molecular flexibility index (Phi) is 2.69. The van der Waals surface area contributed by atoms with Crippen LogP contribution in [0, 0.1) is 0 Å². The molecule has 2 rings (SSSR count). The fraction of sp³-hybridized carbons (Fsp3) is 0.600. The van der Waals surface area contributed by atoms with E-state index in [9.17, 15) is 9.90 Å². The first kappa shape index (κ1) is 11.1. The highest BCUT2D eigenvalue weighted by molar-refractivity contribution is 5.88. The third kappa shape index (κ3) is 1.94. The molecule has 0 aromatic carbocycles. The van der Waals surface area contributed by atoms with Crippen LogP contribution in [-0.4, -0.2) is 46.7 Å². The number of β-amino-alcohol motifs (C(OH)–C–C–N with tert-alkyl or cyclic N) is 1. The lowest BCUT2D eigenvalue weighted by atomic mass is 9.89. The van der Waals surface area contributed by atoms with E-state index in [1.54, 1.807) is 17.9 Å². The Balaban J connectivity index is 2.22. The lowest BCUT2D eigenvalue weighted by Crippen LogP contribution is -2.60. The molecule has 0 amide bonds. The van der Waals surface area contributed by atoms with Crippen molar-refractivity contribution < 1.29 is 14.6 Å². The summed E-state index contributed by atoms with van der Waals surface area (Å²) in [6.45, 7) is 1.09. The summed E-state index contributed by atoms with van der Waals surface area (Å²) in [6, 6.07) is 0. The highest BCUT2D eigenvalue weighted by Gasteiger charge is 2.36. The van der Waals surface area contributed by atoms with E-state index in [0.29, 0.717) is 19.5 Å². The predicted octanol–water partition coefficient (Wildman–Crippen LogP) is -0.917. The number of rotatable bonds is 3. The van der Waals surface area contributed by atoms with Gasteiger partial charge in [-0.25, -0.2) is 4.79 Å². The van der Waals surface area contributed by atoms with E-state index in [4.69, 9.17) is 0 Å². The maximum Gasteiger partial charge on any atom is 0.358 e. The van der Waals surface area contributed by atoms with Crippen LogP contribution in [0.3, 0.4) is 0 Å². The van der Waals surface area contributed by atoms with Gasteiger partial charge in [0.15, 0.2) is 5.69 Å². The summed E-state index contributed by atoms with van der Waals surface area (Å²) in [4.78, 5) is 11.4. The van der Waals surface area contributed by atoms with Crippen molar-refractivity contribution in [1.82, 2.24) is 15.1 Å². The summed E-state index contributed by atoms with van der Waals surface area (Å²) < 4.78 is 6.20. The monoisotopic (exact) mass is 225 g/mol. The number of hydrogen-bond donors (Lipinski definition) is 2. The summed E-state index contributed by atoms with van der Waals surface area (Å²) in [7, 11) is 3.05. The third-order valence-corrected chi connectivity index (χ3v) is 2.71. The van der Waals surface area contributed by atoms with Gasteiger partial charge >= 0.3 is 5.97 Å². The third-order valence-electron chi connectivity index (χ3n) is 2.71. The minimum Gasteiger partial charge on any atom is -0.464 e. The van der Waals surface area contributed by atoms with Crippen molar-refractivity contribution in [3.8, 4) is 0 Å². The number of esters is 1. The first-order valence-electron chi connectivity index (χ1n) is 5.08. The summed E-state index contributed by atoms with van der Waals surface area (Å²) >= 11 is 0. The van der Waals surface area contributed by atoms with E-state index in [1.807, 2.05) is 0 Å². The second-order valence-corrected chi connectivity index (χ2v) is 4.17. The number of carbonyl (C=O) groups excluding carboxylic acids is 1. The molecule has 1 saturated heterocycles. The molecule has 0 radical (unpaired) electrons. The van der Waals surface area contributed by atoms with Crippen LogP contribution >= 0.6 is 0 Å². The quantitative estimate of drug-likeness (QED) is 0.651. The lowest BCUT2D eigenvalue weighted by molar-refractivity contribution is -0.00923. The van der Waals surface area contributed by atoms with Crippen LogP contribution in [-0.2, 0) is 18.2 Å². The molecule has 16 heavy (non-hydrogen) atoms. The first-order valence-corrected chi connectivity index (χ1v) is 5.08. The highest BCUT2D eigenvalue weighted by atomic mass is 16.5. The standard InChI is InChI=1S/C10H15N3O3/c1-13-4-7(3-10(15)5-11-6-10)8(12-13)9(14)16-2/h4,11,15H,3,5-6H2,1-2H3. The van der Waals surface area contributed by atoms with Crippen molar-refractivity contribution in [1.29, 1.82) is 0 Å². The molecule has 6 heteroatoms. The van der Waals surface area contributed by atoms with Crippen molar-refractivity contribution in [2.75, 3.05) is 20.2 Å². The van der Waals surface area contributed by atoms with Gasteiger partial charge in [0.1, 0.15) is 0 Å². The van der Waals surface area contributed by atoms with E-state index >= 15 is 0 Å². The van der Waals surface area contributed by atoms with Crippen molar-refractivity contribution in [3.05, 3.63) is 17.5 Å². The van der Waals surface area contributed by atoms with Gasteiger partial charge in [-0.05, 0) is 0 Å². The summed E-state index contributed by atoms with van der Waals surface area (Å²) in [5.41, 5.74) is 0.245. The number of aromatic nitrogens is 2. The molecule has 0 unspecified atom stereocenters. The minimum atomic E-state index is -0.758. The number of nitrogens with one attached hydrogen (secondary N) is 1. The van der Waals surface area contributed by atoms with Gasteiger partial charge in [0, 0.05) is 38.3 Å². The van der Waals surface area contributed by atoms with Crippen LogP contribution in [0.4, 0.5) is 0 Å². The maximum atomic E-state index is 11.4. The minimum absolute atomic E-state index is 0.283. The Hall–Kier alpha value is -1.40. The number of hydrogen-bond acceptors (Lipinski definition) is 5. The number of ether oxygens (including phenoxy) is 1. The Labute approximate surface area is 93.2 Å². The summed E-state index contributed by atoms with van der Waals surface area (Å²) in [5, 5.41) is 17.0. The van der Waals surface area contributed by atoms with Gasteiger partial charge in [-0.3, -0.25) is 4.68 Å². The van der Waals surface area contributed by atoms with Crippen LogP contribution < -0.4 is 5.32 Å². The lowest BCUT2D eigenvalue weighted by Gasteiger charge is -2.37. The van der Waals surface area contributed by atoms with E-state index in [-0.39, 0.29) is 5.69 Å². The molecule has 6 nitrogen and oxygen atoms in total. The molecular formula is C10H15N3O3. The van der Waals surface area contributed by atoms with Crippen LogP contribution in [0.25, 0.3) is 0 Å². The van der Waals surface area contributed by atoms with Crippen molar-refractivity contribution in [3.63, 3.8) is 0 Å². The zero-order valence-corrected chi connectivity index (χ0v) is 9.36. The van der Waals surface area contributed by atoms with Gasteiger partial charge in [0.05, 0.1) is 12.7 Å². The molecule has 1 aliphatic heterocycles. The Morgan fingerprint density at radius 3 is 2.94 bits per heavy atom. The van der Waals surface area contributed by atoms with Crippen molar-refractivity contribution in [2.45, 2.75) is 12.0 Å².